The highest BCUT2D eigenvalue weighted by atomic mass is 19.4. The molecule has 0 saturated carbocycles. The van der Waals surface area contributed by atoms with E-state index in [4.69, 9.17) is 4.74 Å². The Kier molecular flexibility index (Phi) is 8.08. The predicted octanol–water partition coefficient (Wildman–Crippen LogP) is 5.51. The van der Waals surface area contributed by atoms with Crippen molar-refractivity contribution in [3.8, 4) is 11.5 Å². The zero-order valence-electron chi connectivity index (χ0n) is 17.6. The lowest BCUT2D eigenvalue weighted by Crippen LogP contribution is -2.27. The van der Waals surface area contributed by atoms with E-state index in [9.17, 15) is 40.3 Å². The monoisotopic (exact) mass is 490 g/mol. The zero-order valence-corrected chi connectivity index (χ0v) is 17.6. The molecule has 182 valence electrons. The van der Waals surface area contributed by atoms with Gasteiger partial charge < -0.3 is 15.4 Å². The summed E-state index contributed by atoms with van der Waals surface area (Å²) in [5.41, 5.74) is -5.11. The topological polar surface area (TPSA) is 67.4 Å². The van der Waals surface area contributed by atoms with Gasteiger partial charge in [0.2, 0.25) is 0 Å². The number of nitrogens with one attached hydrogen (secondary N) is 2. The highest BCUT2D eigenvalue weighted by molar-refractivity contribution is 6.00. The lowest BCUT2D eigenvalue weighted by molar-refractivity contribution is -0.143. The molecule has 2 aromatic rings. The fraction of sp³-hybridized carbons (Fsp3) is 0.182. The maximum atomic E-state index is 13.8. The highest BCUT2D eigenvalue weighted by Crippen LogP contribution is 2.43. The maximum Gasteiger partial charge on any atom is 0.417 e. The van der Waals surface area contributed by atoms with Crippen LogP contribution in [0.1, 0.15) is 27.0 Å². The number of ether oxygens (including phenoxy) is 1. The summed E-state index contributed by atoms with van der Waals surface area (Å²) in [6, 6.07) is 2.84. The van der Waals surface area contributed by atoms with Crippen molar-refractivity contribution >= 4 is 12.2 Å². The molecule has 0 aliphatic rings. The summed E-state index contributed by atoms with van der Waals surface area (Å²) in [5, 5.41) is 4.57. The van der Waals surface area contributed by atoms with Crippen LogP contribution in [-0.4, -0.2) is 19.2 Å². The summed E-state index contributed by atoms with van der Waals surface area (Å²) in [6.45, 7) is 1.31. The third-order valence-electron chi connectivity index (χ3n) is 4.25. The first-order valence-corrected chi connectivity index (χ1v) is 9.35. The summed E-state index contributed by atoms with van der Waals surface area (Å²) in [7, 11) is 1.46. The Hall–Kier alpha value is -3.83. The number of aryl methyl sites for hydroxylation is 1. The van der Waals surface area contributed by atoms with Crippen molar-refractivity contribution in [2.24, 2.45) is 0 Å². The van der Waals surface area contributed by atoms with Crippen LogP contribution in [0.25, 0.3) is 0 Å². The average molecular weight is 490 g/mol. The van der Waals surface area contributed by atoms with Crippen LogP contribution in [0.4, 0.5) is 30.7 Å². The molecule has 0 unspecified atom stereocenters. The quantitative estimate of drug-likeness (QED) is 0.233. The number of amides is 1. The van der Waals surface area contributed by atoms with E-state index in [-0.39, 0.29) is 35.4 Å². The van der Waals surface area contributed by atoms with Gasteiger partial charge >= 0.3 is 12.4 Å². The number of carbonyl (C=O) groups excluding carboxylic acids is 2. The van der Waals surface area contributed by atoms with Crippen LogP contribution < -0.4 is 15.4 Å². The number of hydrogen-bond acceptors (Lipinski definition) is 4. The smallest absolute Gasteiger partial charge is 0.417 e. The van der Waals surface area contributed by atoms with Gasteiger partial charge in [0.05, 0.1) is 16.7 Å². The van der Waals surface area contributed by atoms with E-state index in [1.54, 1.807) is 0 Å². The second-order valence-corrected chi connectivity index (χ2v) is 6.74. The number of aldehydes is 1. The Labute approximate surface area is 188 Å². The SMILES string of the molecule is CN/C=C\C(=C/C=O)NC(=O)c1c(Oc2ccc(F)cc2C)cc(C(F)(F)F)cc1C(F)(F)F. The summed E-state index contributed by atoms with van der Waals surface area (Å²) in [6.07, 6.45) is -7.16. The van der Waals surface area contributed by atoms with Crippen LogP contribution in [0.5, 0.6) is 11.5 Å². The first-order chi connectivity index (χ1) is 15.8. The Morgan fingerprint density at radius 2 is 1.68 bits per heavy atom. The molecule has 2 N–H and O–H groups in total. The number of carbonyl (C=O) groups is 2. The minimum Gasteiger partial charge on any atom is -0.456 e. The van der Waals surface area contributed by atoms with Crippen LogP contribution in [0.15, 0.2) is 54.4 Å². The van der Waals surface area contributed by atoms with Crippen LogP contribution in [0.3, 0.4) is 0 Å². The van der Waals surface area contributed by atoms with E-state index in [1.807, 2.05) is 5.32 Å². The zero-order chi connectivity index (χ0) is 25.7. The number of hydrogen-bond donors (Lipinski definition) is 2. The van der Waals surface area contributed by atoms with Gasteiger partial charge in [0.15, 0.2) is 0 Å². The number of alkyl halides is 6. The van der Waals surface area contributed by atoms with Gasteiger partial charge in [-0.1, -0.05) is 0 Å². The minimum absolute atomic E-state index is 0.0517. The lowest BCUT2D eigenvalue weighted by atomic mass is 10.0. The normalized spacial score (nSPS) is 12.6. The molecule has 0 saturated heterocycles. The molecule has 0 atom stereocenters. The van der Waals surface area contributed by atoms with E-state index in [0.717, 1.165) is 30.4 Å². The van der Waals surface area contributed by atoms with Crippen molar-refractivity contribution in [2.45, 2.75) is 19.3 Å². The van der Waals surface area contributed by atoms with Gasteiger partial charge in [0, 0.05) is 18.8 Å². The van der Waals surface area contributed by atoms with Crippen LogP contribution in [-0.2, 0) is 17.1 Å². The fourth-order valence-corrected chi connectivity index (χ4v) is 2.74. The van der Waals surface area contributed by atoms with E-state index in [0.29, 0.717) is 0 Å². The standard InChI is InChI=1S/C22H17F7N2O3/c1-12-9-14(23)3-4-17(12)34-18-11-13(21(24,25)26)10-16(22(27,28)29)19(18)20(33)31-15(6-8-32)5-7-30-2/h3-11,30H,1-2H3,(H,31,33)/b7-5-,15-6+. The van der Waals surface area contributed by atoms with Crippen LogP contribution in [0.2, 0.25) is 0 Å². The summed E-state index contributed by atoms with van der Waals surface area (Å²) >= 11 is 0. The van der Waals surface area contributed by atoms with Crippen LogP contribution in [0, 0.1) is 12.7 Å². The molecule has 0 aliphatic heterocycles. The van der Waals surface area contributed by atoms with Crippen molar-refractivity contribution in [2.75, 3.05) is 7.05 Å². The summed E-state index contributed by atoms with van der Waals surface area (Å²) < 4.78 is 100. The van der Waals surface area contributed by atoms with Crippen molar-refractivity contribution in [3.63, 3.8) is 0 Å². The molecule has 12 heteroatoms. The number of allylic oxidation sites excluding steroid dienone is 2. The molecule has 1 amide bonds. The Morgan fingerprint density at radius 3 is 2.21 bits per heavy atom. The van der Waals surface area contributed by atoms with Crippen molar-refractivity contribution in [3.05, 3.63) is 82.5 Å². The molecule has 0 aromatic heterocycles. The lowest BCUT2D eigenvalue weighted by Gasteiger charge is -2.20. The van der Waals surface area contributed by atoms with Gasteiger partial charge in [-0.25, -0.2) is 4.39 Å². The van der Waals surface area contributed by atoms with Gasteiger partial charge in [-0.05, 0) is 55.1 Å². The van der Waals surface area contributed by atoms with Crippen molar-refractivity contribution < 1.29 is 45.1 Å². The maximum absolute atomic E-state index is 13.8. The Morgan fingerprint density at radius 1 is 1.00 bits per heavy atom. The summed E-state index contributed by atoms with van der Waals surface area (Å²) in [5.74, 6) is -3.56. The Balaban J connectivity index is 2.76. The number of halogens is 7. The van der Waals surface area contributed by atoms with Gasteiger partial charge in [-0.15, -0.1) is 0 Å². The molecule has 5 nitrogen and oxygen atoms in total. The molecule has 34 heavy (non-hydrogen) atoms. The molecular formula is C22H17F7N2O3. The van der Waals surface area contributed by atoms with Gasteiger partial charge in [0.1, 0.15) is 23.6 Å². The number of benzene rings is 2. The van der Waals surface area contributed by atoms with E-state index >= 15 is 0 Å². The second-order valence-electron chi connectivity index (χ2n) is 6.74. The van der Waals surface area contributed by atoms with Crippen molar-refractivity contribution in [1.82, 2.24) is 10.6 Å². The van der Waals surface area contributed by atoms with Crippen molar-refractivity contribution in [1.29, 1.82) is 0 Å². The fourth-order valence-electron chi connectivity index (χ4n) is 2.74. The molecule has 2 rings (SSSR count). The van der Waals surface area contributed by atoms with Gasteiger partial charge in [-0.3, -0.25) is 9.59 Å². The predicted molar refractivity (Wildman–Crippen MR) is 107 cm³/mol. The third-order valence-corrected chi connectivity index (χ3v) is 4.25. The first kappa shape index (κ1) is 26.4. The molecule has 0 aliphatic carbocycles. The average Bonchev–Trinajstić information content (AvgIpc) is 2.72. The first-order valence-electron chi connectivity index (χ1n) is 9.35. The number of rotatable bonds is 7. The molecule has 0 spiro atoms. The van der Waals surface area contributed by atoms with Crippen LogP contribution >= 0.6 is 0 Å². The third kappa shape index (κ3) is 6.59. The minimum atomic E-state index is -5.39. The molecule has 0 heterocycles. The molecule has 0 fully saturated rings. The van der Waals surface area contributed by atoms with Gasteiger partial charge in [-0.2, -0.15) is 26.3 Å². The second kappa shape index (κ2) is 10.4. The molecule has 0 bridgehead atoms. The molecular weight excluding hydrogens is 473 g/mol. The van der Waals surface area contributed by atoms with E-state index in [2.05, 4.69) is 5.32 Å². The van der Waals surface area contributed by atoms with Gasteiger partial charge in [0.25, 0.3) is 5.91 Å². The Bertz CT molecular complexity index is 1140. The van der Waals surface area contributed by atoms with E-state index in [1.165, 1.54) is 20.2 Å². The largest absolute Gasteiger partial charge is 0.456 e. The van der Waals surface area contributed by atoms with E-state index < -0.39 is 46.5 Å². The highest BCUT2D eigenvalue weighted by Gasteiger charge is 2.42. The summed E-state index contributed by atoms with van der Waals surface area (Å²) in [4.78, 5) is 23.6. The molecule has 0 radical (unpaired) electrons. The molecule has 2 aromatic carbocycles.